The van der Waals surface area contributed by atoms with Crippen molar-refractivity contribution in [3.63, 3.8) is 0 Å². The minimum absolute atomic E-state index is 0. The molecule has 2 saturated carbocycles. The zero-order chi connectivity index (χ0) is 12.7. The van der Waals surface area contributed by atoms with Gasteiger partial charge in [-0.1, -0.05) is 0 Å². The molecule has 1 aromatic heterocycles. The Morgan fingerprint density at radius 2 is 2.21 bits per heavy atom. The van der Waals surface area contributed by atoms with E-state index in [-0.39, 0.29) is 18.3 Å². The highest BCUT2D eigenvalue weighted by Crippen LogP contribution is 2.40. The van der Waals surface area contributed by atoms with Gasteiger partial charge in [0.1, 0.15) is 10.7 Å². The highest BCUT2D eigenvalue weighted by atomic mass is 35.5. The maximum absolute atomic E-state index is 12.6. The van der Waals surface area contributed by atoms with Crippen LogP contribution in [0, 0.1) is 5.92 Å². The molecular weight excluding hydrogens is 282 g/mol. The van der Waals surface area contributed by atoms with Gasteiger partial charge < -0.3 is 10.6 Å². The van der Waals surface area contributed by atoms with Crippen molar-refractivity contribution in [2.75, 3.05) is 0 Å². The van der Waals surface area contributed by atoms with Crippen molar-refractivity contribution < 1.29 is 4.79 Å². The van der Waals surface area contributed by atoms with Crippen molar-refractivity contribution in [2.24, 2.45) is 11.7 Å². The number of rotatable bonds is 5. The van der Waals surface area contributed by atoms with Crippen molar-refractivity contribution in [1.29, 1.82) is 0 Å². The highest BCUT2D eigenvalue weighted by molar-refractivity contribution is 7.09. The van der Waals surface area contributed by atoms with Gasteiger partial charge in [-0.15, -0.1) is 23.7 Å². The van der Waals surface area contributed by atoms with E-state index < -0.39 is 0 Å². The Morgan fingerprint density at radius 3 is 2.68 bits per heavy atom. The molecule has 4 nitrogen and oxygen atoms in total. The van der Waals surface area contributed by atoms with E-state index in [1.807, 2.05) is 5.38 Å². The first-order chi connectivity index (χ1) is 8.70. The molecule has 1 aromatic rings. The molecule has 0 radical (unpaired) electrons. The lowest BCUT2D eigenvalue weighted by atomic mass is 10.1. The van der Waals surface area contributed by atoms with Gasteiger partial charge in [-0.2, -0.15) is 0 Å². The second-order valence-electron chi connectivity index (χ2n) is 5.35. The average Bonchev–Trinajstić information content (AvgIpc) is 3.27. The van der Waals surface area contributed by atoms with Crippen LogP contribution in [0.15, 0.2) is 5.38 Å². The lowest BCUT2D eigenvalue weighted by molar-refractivity contribution is 0.0648. The van der Waals surface area contributed by atoms with Crippen molar-refractivity contribution in [3.05, 3.63) is 16.1 Å². The van der Waals surface area contributed by atoms with Gasteiger partial charge in [-0.3, -0.25) is 4.79 Å². The monoisotopic (exact) mass is 301 g/mol. The first kappa shape index (κ1) is 14.8. The predicted molar refractivity (Wildman–Crippen MR) is 78.6 cm³/mol. The first-order valence-electron chi connectivity index (χ1n) is 6.68. The standard InChI is InChI=1S/C13H19N3OS.ClH/c1-8(9-2-3-9)16(10-4-5-10)13(17)11-7-18-12(6-14)15-11;/h7-10H,2-6,14H2,1H3;1H. The van der Waals surface area contributed by atoms with E-state index in [1.165, 1.54) is 24.2 Å². The molecule has 1 atom stereocenters. The van der Waals surface area contributed by atoms with Crippen LogP contribution in [0.3, 0.4) is 0 Å². The lowest BCUT2D eigenvalue weighted by Crippen LogP contribution is -2.41. The van der Waals surface area contributed by atoms with Crippen molar-refractivity contribution in [3.8, 4) is 0 Å². The summed E-state index contributed by atoms with van der Waals surface area (Å²) in [7, 11) is 0. The molecule has 2 N–H and O–H groups in total. The second kappa shape index (κ2) is 5.77. The number of nitrogens with zero attached hydrogens (tertiary/aromatic N) is 2. The third-order valence-electron chi connectivity index (χ3n) is 3.86. The Morgan fingerprint density at radius 1 is 1.53 bits per heavy atom. The highest BCUT2D eigenvalue weighted by Gasteiger charge is 2.42. The van der Waals surface area contributed by atoms with Gasteiger partial charge in [0.25, 0.3) is 5.91 Å². The van der Waals surface area contributed by atoms with Gasteiger partial charge in [0, 0.05) is 24.0 Å². The maximum atomic E-state index is 12.6. The van der Waals surface area contributed by atoms with E-state index in [1.54, 1.807) is 0 Å². The molecular formula is C13H20ClN3OS. The molecule has 106 valence electrons. The van der Waals surface area contributed by atoms with Gasteiger partial charge in [0.2, 0.25) is 0 Å². The fourth-order valence-electron chi connectivity index (χ4n) is 2.48. The summed E-state index contributed by atoms with van der Waals surface area (Å²) in [6, 6.07) is 0.823. The van der Waals surface area contributed by atoms with Gasteiger partial charge in [-0.25, -0.2) is 4.98 Å². The van der Waals surface area contributed by atoms with Crippen LogP contribution >= 0.6 is 23.7 Å². The zero-order valence-corrected chi connectivity index (χ0v) is 12.7. The molecule has 0 spiro atoms. The molecule has 0 aliphatic heterocycles. The van der Waals surface area contributed by atoms with Crippen LogP contribution in [0.5, 0.6) is 0 Å². The number of nitrogens with two attached hydrogens (primary N) is 1. The zero-order valence-electron chi connectivity index (χ0n) is 11.0. The summed E-state index contributed by atoms with van der Waals surface area (Å²) in [5, 5.41) is 2.69. The number of carbonyl (C=O) groups is 1. The second-order valence-corrected chi connectivity index (χ2v) is 6.29. The Balaban J connectivity index is 0.00000133. The van der Waals surface area contributed by atoms with Crippen LogP contribution in [0.2, 0.25) is 0 Å². The molecule has 2 aliphatic rings. The third kappa shape index (κ3) is 3.09. The summed E-state index contributed by atoms with van der Waals surface area (Å²) >= 11 is 1.48. The number of halogens is 1. The number of hydrogen-bond donors (Lipinski definition) is 1. The van der Waals surface area contributed by atoms with Crippen molar-refractivity contribution in [1.82, 2.24) is 9.88 Å². The Kier molecular flexibility index (Phi) is 4.48. The van der Waals surface area contributed by atoms with Gasteiger partial charge in [0.05, 0.1) is 0 Å². The molecule has 6 heteroatoms. The smallest absolute Gasteiger partial charge is 0.273 e. The summed E-state index contributed by atoms with van der Waals surface area (Å²) in [5.74, 6) is 0.815. The summed E-state index contributed by atoms with van der Waals surface area (Å²) < 4.78 is 0. The van der Waals surface area contributed by atoms with Crippen molar-refractivity contribution in [2.45, 2.75) is 51.2 Å². The maximum Gasteiger partial charge on any atom is 0.273 e. The minimum atomic E-state index is 0. The molecule has 19 heavy (non-hydrogen) atoms. The Bertz CT molecular complexity index is 456. The largest absolute Gasteiger partial charge is 0.331 e. The van der Waals surface area contributed by atoms with E-state index in [0.717, 1.165) is 17.8 Å². The number of amides is 1. The van der Waals surface area contributed by atoms with Crippen LogP contribution in [0.25, 0.3) is 0 Å². The van der Waals surface area contributed by atoms with Crippen LogP contribution in [0.1, 0.15) is 48.1 Å². The number of thiazole rings is 1. The summed E-state index contributed by atoms with van der Waals surface area (Å²) in [6.07, 6.45) is 4.83. The molecule has 3 rings (SSSR count). The van der Waals surface area contributed by atoms with Crippen LogP contribution < -0.4 is 5.73 Å². The van der Waals surface area contributed by atoms with E-state index in [4.69, 9.17) is 5.73 Å². The lowest BCUT2D eigenvalue weighted by Gasteiger charge is -2.28. The summed E-state index contributed by atoms with van der Waals surface area (Å²) in [4.78, 5) is 19.0. The number of aromatic nitrogens is 1. The fourth-order valence-corrected chi connectivity index (χ4v) is 3.13. The van der Waals surface area contributed by atoms with Gasteiger partial charge in [0.15, 0.2) is 0 Å². The van der Waals surface area contributed by atoms with Crippen molar-refractivity contribution >= 4 is 29.7 Å². The number of carbonyl (C=O) groups excluding carboxylic acids is 1. The molecule has 0 saturated heterocycles. The van der Waals surface area contributed by atoms with E-state index in [0.29, 0.717) is 30.2 Å². The third-order valence-corrected chi connectivity index (χ3v) is 4.73. The molecule has 2 aliphatic carbocycles. The predicted octanol–water partition coefficient (Wildman–Crippen LogP) is 2.43. The van der Waals surface area contributed by atoms with E-state index in [2.05, 4.69) is 16.8 Å². The van der Waals surface area contributed by atoms with Crippen LogP contribution in [0.4, 0.5) is 0 Å². The quantitative estimate of drug-likeness (QED) is 0.908. The summed E-state index contributed by atoms with van der Waals surface area (Å²) in [6.45, 7) is 2.60. The Hall–Kier alpha value is -0.650. The van der Waals surface area contributed by atoms with Crippen LogP contribution in [-0.2, 0) is 6.54 Å². The van der Waals surface area contributed by atoms with Crippen LogP contribution in [-0.4, -0.2) is 27.9 Å². The van der Waals surface area contributed by atoms with E-state index in [9.17, 15) is 4.79 Å². The molecule has 0 bridgehead atoms. The Labute approximate surface area is 123 Å². The molecule has 2 fully saturated rings. The molecule has 1 unspecified atom stereocenters. The first-order valence-corrected chi connectivity index (χ1v) is 7.55. The van der Waals surface area contributed by atoms with Gasteiger partial charge in [-0.05, 0) is 38.5 Å². The van der Waals surface area contributed by atoms with Gasteiger partial charge >= 0.3 is 0 Å². The van der Waals surface area contributed by atoms with E-state index >= 15 is 0 Å². The molecule has 1 heterocycles. The minimum Gasteiger partial charge on any atom is -0.331 e. The normalized spacial score (nSPS) is 19.7. The number of hydrogen-bond acceptors (Lipinski definition) is 4. The summed E-state index contributed by atoms with van der Waals surface area (Å²) in [5.41, 5.74) is 6.14. The molecule has 1 amide bonds. The topological polar surface area (TPSA) is 59.2 Å². The average molecular weight is 302 g/mol. The SMILES string of the molecule is CC(C1CC1)N(C(=O)c1csc(CN)n1)C1CC1.Cl. The fraction of sp³-hybridized carbons (Fsp3) is 0.692. The molecule has 0 aromatic carbocycles.